The third-order valence-corrected chi connectivity index (χ3v) is 8.04. The van der Waals surface area contributed by atoms with Crippen LogP contribution in [0.1, 0.15) is 29.7 Å². The highest BCUT2D eigenvalue weighted by molar-refractivity contribution is 9.10. The summed E-state index contributed by atoms with van der Waals surface area (Å²) in [5.41, 5.74) is 1.28. The van der Waals surface area contributed by atoms with E-state index in [2.05, 4.69) is 15.9 Å². The van der Waals surface area contributed by atoms with Crippen LogP contribution in [-0.2, 0) is 23.1 Å². The Kier molecular flexibility index (Phi) is 8.12. The van der Waals surface area contributed by atoms with E-state index in [1.54, 1.807) is 49.6 Å². The summed E-state index contributed by atoms with van der Waals surface area (Å²) in [6.45, 7) is 1.40. The van der Waals surface area contributed by atoms with E-state index < -0.39 is 27.2 Å². The molecule has 2 N–H and O–H groups in total. The van der Waals surface area contributed by atoms with Crippen molar-refractivity contribution in [2.45, 2.75) is 31.4 Å². The molecule has 0 aliphatic rings. The second-order valence-corrected chi connectivity index (χ2v) is 10.8. The van der Waals surface area contributed by atoms with Crippen LogP contribution in [-0.4, -0.2) is 35.3 Å². The Hall–Kier alpha value is -2.46. The summed E-state index contributed by atoms with van der Waals surface area (Å²) in [5, 5.41) is 19.0. The zero-order valence-corrected chi connectivity index (χ0v) is 20.6. The second-order valence-electron chi connectivity index (χ2n) is 7.64. The molecule has 33 heavy (non-hydrogen) atoms. The Morgan fingerprint density at radius 2 is 1.55 bits per heavy atom. The van der Waals surface area contributed by atoms with E-state index in [-0.39, 0.29) is 24.4 Å². The van der Waals surface area contributed by atoms with E-state index in [0.717, 1.165) is 5.56 Å². The van der Waals surface area contributed by atoms with Crippen LogP contribution in [0.5, 0.6) is 11.5 Å². The Bertz CT molecular complexity index is 1190. The predicted molar refractivity (Wildman–Crippen MR) is 128 cm³/mol. The average Bonchev–Trinajstić information content (AvgIpc) is 2.79. The number of sulfonamides is 1. The molecule has 0 saturated heterocycles. The third kappa shape index (κ3) is 6.11. The SMILES string of the molecule is COc1ccc(CN(Cc2ccc(O)cc2)S(=O)(=O)[C@@H](C)[C@H](O)c2ccc(Br)cc2F)cc1. The molecule has 2 atom stereocenters. The molecule has 0 amide bonds. The Labute approximate surface area is 201 Å². The van der Waals surface area contributed by atoms with Crippen molar-refractivity contribution >= 4 is 26.0 Å². The minimum atomic E-state index is -4.09. The summed E-state index contributed by atoms with van der Waals surface area (Å²) < 4.78 is 48.5. The number of ether oxygens (including phenoxy) is 1. The Morgan fingerprint density at radius 3 is 2.06 bits per heavy atom. The van der Waals surface area contributed by atoms with Crippen molar-refractivity contribution in [3.63, 3.8) is 0 Å². The number of hydrogen-bond donors (Lipinski definition) is 2. The minimum Gasteiger partial charge on any atom is -0.508 e. The van der Waals surface area contributed by atoms with Gasteiger partial charge in [-0.2, -0.15) is 4.31 Å². The average molecular weight is 538 g/mol. The smallest absolute Gasteiger partial charge is 0.220 e. The van der Waals surface area contributed by atoms with Gasteiger partial charge in [-0.1, -0.05) is 46.3 Å². The van der Waals surface area contributed by atoms with Gasteiger partial charge in [0.2, 0.25) is 10.0 Å². The number of phenols is 1. The first-order valence-corrected chi connectivity index (χ1v) is 12.4. The molecule has 3 aromatic rings. The van der Waals surface area contributed by atoms with Gasteiger partial charge in [0.25, 0.3) is 0 Å². The lowest BCUT2D eigenvalue weighted by Gasteiger charge is -2.29. The summed E-state index contributed by atoms with van der Waals surface area (Å²) in [4.78, 5) is 0. The summed E-state index contributed by atoms with van der Waals surface area (Å²) in [6.07, 6.45) is -1.57. The van der Waals surface area contributed by atoms with Crippen molar-refractivity contribution in [2.75, 3.05) is 7.11 Å². The van der Waals surface area contributed by atoms with Crippen LogP contribution in [0.15, 0.2) is 71.2 Å². The summed E-state index contributed by atoms with van der Waals surface area (Å²) in [7, 11) is -2.54. The fraction of sp³-hybridized carbons (Fsp3) is 0.250. The third-order valence-electron chi connectivity index (χ3n) is 5.37. The molecule has 0 heterocycles. The van der Waals surface area contributed by atoms with E-state index in [1.165, 1.54) is 35.5 Å². The van der Waals surface area contributed by atoms with Crippen LogP contribution in [0.3, 0.4) is 0 Å². The van der Waals surface area contributed by atoms with Crippen molar-refractivity contribution in [3.05, 3.63) is 93.7 Å². The molecule has 0 saturated carbocycles. The number of halogens is 2. The molecule has 0 aliphatic carbocycles. The van der Waals surface area contributed by atoms with Crippen molar-refractivity contribution in [1.29, 1.82) is 0 Å². The highest BCUT2D eigenvalue weighted by Crippen LogP contribution is 2.30. The lowest BCUT2D eigenvalue weighted by molar-refractivity contribution is 0.167. The molecule has 0 radical (unpaired) electrons. The number of aliphatic hydroxyl groups is 1. The highest BCUT2D eigenvalue weighted by atomic mass is 79.9. The van der Waals surface area contributed by atoms with Gasteiger partial charge in [-0.3, -0.25) is 0 Å². The first-order valence-electron chi connectivity index (χ1n) is 10.1. The molecule has 0 aliphatic heterocycles. The number of rotatable bonds is 9. The van der Waals surface area contributed by atoms with Gasteiger partial charge in [0.15, 0.2) is 0 Å². The van der Waals surface area contributed by atoms with Crippen molar-refractivity contribution in [2.24, 2.45) is 0 Å². The van der Waals surface area contributed by atoms with E-state index in [9.17, 15) is 23.0 Å². The van der Waals surface area contributed by atoms with Gasteiger partial charge in [-0.15, -0.1) is 0 Å². The predicted octanol–water partition coefficient (Wildman–Crippen LogP) is 4.76. The molecular formula is C24H25BrFNO5S. The molecule has 0 fully saturated rings. The number of benzene rings is 3. The molecule has 0 bridgehead atoms. The minimum absolute atomic E-state index is 0.00845. The van der Waals surface area contributed by atoms with Crippen molar-refractivity contribution in [1.82, 2.24) is 4.31 Å². The highest BCUT2D eigenvalue weighted by Gasteiger charge is 2.35. The quantitative estimate of drug-likeness (QED) is 0.411. The number of hydrogen-bond acceptors (Lipinski definition) is 5. The second kappa shape index (κ2) is 10.6. The molecule has 176 valence electrons. The number of nitrogens with zero attached hydrogens (tertiary/aromatic N) is 1. The summed E-state index contributed by atoms with van der Waals surface area (Å²) in [5.74, 6) is 0.0122. The Morgan fingerprint density at radius 1 is 1.00 bits per heavy atom. The standard InChI is InChI=1S/C24H25BrFNO5S/c1-16(24(29)22-12-7-19(25)13-23(22)26)33(30,31)27(14-17-3-8-20(28)9-4-17)15-18-5-10-21(32-2)11-6-18/h3-13,16,24,28-29H,14-15H2,1-2H3/t16-,24-/m0/s1. The zero-order valence-electron chi connectivity index (χ0n) is 18.2. The first-order chi connectivity index (χ1) is 15.6. The number of aromatic hydroxyl groups is 1. The topological polar surface area (TPSA) is 87.1 Å². The van der Waals surface area contributed by atoms with Crippen LogP contribution in [0.25, 0.3) is 0 Å². The van der Waals surface area contributed by atoms with Gasteiger partial charge in [0.1, 0.15) is 22.6 Å². The normalized spacial score (nSPS) is 13.6. The molecule has 9 heteroatoms. The van der Waals surface area contributed by atoms with E-state index in [0.29, 0.717) is 15.8 Å². The maximum absolute atomic E-state index is 14.4. The fourth-order valence-electron chi connectivity index (χ4n) is 3.37. The van der Waals surface area contributed by atoms with Crippen LogP contribution < -0.4 is 4.74 Å². The van der Waals surface area contributed by atoms with E-state index in [4.69, 9.17) is 4.74 Å². The fourth-order valence-corrected chi connectivity index (χ4v) is 5.30. The molecule has 6 nitrogen and oxygen atoms in total. The van der Waals surface area contributed by atoms with Crippen molar-refractivity contribution < 1.29 is 27.8 Å². The largest absolute Gasteiger partial charge is 0.508 e. The van der Waals surface area contributed by atoms with Gasteiger partial charge in [0.05, 0.1) is 13.2 Å². The first kappa shape index (κ1) is 25.2. The van der Waals surface area contributed by atoms with Gasteiger partial charge >= 0.3 is 0 Å². The lowest BCUT2D eigenvalue weighted by atomic mass is 10.1. The summed E-state index contributed by atoms with van der Waals surface area (Å²) >= 11 is 3.16. The molecule has 3 rings (SSSR count). The number of phenolic OH excluding ortho intramolecular Hbond substituents is 1. The lowest BCUT2D eigenvalue weighted by Crippen LogP contribution is -2.39. The van der Waals surface area contributed by atoms with E-state index in [1.807, 2.05) is 0 Å². The Balaban J connectivity index is 1.93. The molecule has 3 aromatic carbocycles. The van der Waals surface area contributed by atoms with Crippen LogP contribution >= 0.6 is 15.9 Å². The maximum Gasteiger partial charge on any atom is 0.220 e. The number of methoxy groups -OCH3 is 1. The van der Waals surface area contributed by atoms with Crippen LogP contribution in [0.2, 0.25) is 0 Å². The van der Waals surface area contributed by atoms with E-state index >= 15 is 0 Å². The monoisotopic (exact) mass is 537 g/mol. The molecule has 0 spiro atoms. The molecule has 0 aromatic heterocycles. The summed E-state index contributed by atoms with van der Waals surface area (Å²) in [6, 6.07) is 17.3. The molecule has 0 unspecified atom stereocenters. The van der Waals surface area contributed by atoms with Gasteiger partial charge in [-0.25, -0.2) is 12.8 Å². The van der Waals surface area contributed by atoms with Crippen LogP contribution in [0.4, 0.5) is 4.39 Å². The van der Waals surface area contributed by atoms with Crippen LogP contribution in [0, 0.1) is 5.82 Å². The zero-order chi connectivity index (χ0) is 24.2. The number of aliphatic hydroxyl groups excluding tert-OH is 1. The maximum atomic E-state index is 14.4. The molecular weight excluding hydrogens is 513 g/mol. The van der Waals surface area contributed by atoms with Gasteiger partial charge < -0.3 is 14.9 Å². The van der Waals surface area contributed by atoms with Gasteiger partial charge in [0, 0.05) is 23.1 Å². The van der Waals surface area contributed by atoms with Gasteiger partial charge in [-0.05, 0) is 54.4 Å². The van der Waals surface area contributed by atoms with Crippen molar-refractivity contribution in [3.8, 4) is 11.5 Å².